The molecular formula is C56H79N7O17. The first-order chi connectivity index (χ1) is 37.6. The number of hydrogen-bond donors (Lipinski definition) is 10. The van der Waals surface area contributed by atoms with E-state index in [9.17, 15) is 68.7 Å². The van der Waals surface area contributed by atoms with Crippen LogP contribution in [0.2, 0.25) is 0 Å². The number of nitrogens with one attached hydrogen (secondary N) is 5. The number of carbonyl (C=O) groups is 9. The van der Waals surface area contributed by atoms with Crippen molar-refractivity contribution in [3.8, 4) is 17.2 Å². The second kappa shape index (κ2) is 26.3. The summed E-state index contributed by atoms with van der Waals surface area (Å²) in [7, 11) is 4.79. The lowest BCUT2D eigenvalue weighted by Gasteiger charge is -2.43. The summed E-state index contributed by atoms with van der Waals surface area (Å²) in [5.41, 5.74) is -4.48. The van der Waals surface area contributed by atoms with Gasteiger partial charge in [-0.25, -0.2) is 0 Å². The first-order valence-electron chi connectivity index (χ1n) is 27.3. The summed E-state index contributed by atoms with van der Waals surface area (Å²) in [4.78, 5) is 126. The van der Waals surface area contributed by atoms with Crippen molar-refractivity contribution >= 4 is 52.8 Å². The Kier molecular flexibility index (Phi) is 20.6. The number of benzene rings is 2. The average molecular weight is 1120 g/mol. The van der Waals surface area contributed by atoms with Crippen LogP contribution in [-0.4, -0.2) is 190 Å². The molecule has 0 saturated carbocycles. The van der Waals surface area contributed by atoms with Gasteiger partial charge in [0.05, 0.1) is 55.1 Å². The van der Waals surface area contributed by atoms with Crippen LogP contribution in [0.4, 0.5) is 0 Å². The number of likely N-dealkylation sites (N-methyl/N-ethyl adjacent to an activating group) is 1. The van der Waals surface area contributed by atoms with Gasteiger partial charge in [0, 0.05) is 42.5 Å². The molecule has 6 amide bonds. The van der Waals surface area contributed by atoms with Gasteiger partial charge in [-0.1, -0.05) is 53.7 Å². The molecule has 24 nitrogen and oxygen atoms in total. The Morgan fingerprint density at radius 3 is 2.05 bits per heavy atom. The second-order valence-corrected chi connectivity index (χ2v) is 22.9. The van der Waals surface area contributed by atoms with Crippen LogP contribution in [0.15, 0.2) is 18.2 Å². The first-order valence-corrected chi connectivity index (χ1v) is 27.3. The normalized spacial score (nSPS) is 23.6. The van der Waals surface area contributed by atoms with Crippen LogP contribution >= 0.6 is 0 Å². The van der Waals surface area contributed by atoms with E-state index in [4.69, 9.17) is 14.2 Å². The van der Waals surface area contributed by atoms with Crippen molar-refractivity contribution in [3.63, 3.8) is 0 Å². The first kappa shape index (κ1) is 62.6. The monoisotopic (exact) mass is 1120 g/mol. The molecule has 80 heavy (non-hydrogen) atoms. The standard InChI is InChI=1S/C56H79N7O17/c1-26(2)17-33(61-55(76)36-14-12-16-63(36)41(67)24-62(8)9)52(73)57-23-40(66)58-34(18-27(3)4)53(74)60-35(19-28(5)6)54(75)59-32-20-42(79-29(7)47(32)68)80-38-22-56(77,39(65)25-64)21-31-44(38)51(72)46-45(49(31)70)48(69)30-13-11-15-37(78-10)43(30)50(46)71/h11,13,15,26-29,32-36,38,42,47,64,68,70,72,77H,12,14,16-25H2,1-10H3,(H,57,73)(H,58,66)(H,59,75)(H,60,74)(H,61,76)/t29-,32-,33-,34-,35-,36-,38-,42-,47+,56-/m0/s1. The van der Waals surface area contributed by atoms with E-state index in [2.05, 4.69) is 26.6 Å². The highest BCUT2D eigenvalue weighted by atomic mass is 16.7. The maximum absolute atomic E-state index is 14.3. The minimum Gasteiger partial charge on any atom is -0.507 e. The van der Waals surface area contributed by atoms with E-state index in [1.807, 2.05) is 41.5 Å². The molecule has 10 atom stereocenters. The zero-order chi connectivity index (χ0) is 59.2. The van der Waals surface area contributed by atoms with Crippen LogP contribution < -0.4 is 31.3 Å². The van der Waals surface area contributed by atoms with Crippen LogP contribution in [0.3, 0.4) is 0 Å². The third-order valence-electron chi connectivity index (χ3n) is 14.9. The molecule has 2 heterocycles. The summed E-state index contributed by atoms with van der Waals surface area (Å²) in [5.74, 6) is -8.26. The fraction of sp³-hybridized carbons (Fsp3) is 0.625. The number of rotatable bonds is 23. The quantitative estimate of drug-likeness (QED) is 0.0575. The predicted molar refractivity (Wildman–Crippen MR) is 286 cm³/mol. The summed E-state index contributed by atoms with van der Waals surface area (Å²) in [6.07, 6.45) is -5.60. The molecule has 2 fully saturated rings. The molecule has 6 rings (SSSR count). The number of methoxy groups -OCH3 is 1. The molecule has 2 aliphatic carbocycles. The van der Waals surface area contributed by atoms with E-state index in [1.165, 1.54) is 37.1 Å². The summed E-state index contributed by atoms with van der Waals surface area (Å²) in [6, 6.07) is -1.11. The Morgan fingerprint density at radius 1 is 0.838 bits per heavy atom. The highest BCUT2D eigenvalue weighted by Crippen LogP contribution is 2.52. The number of carbonyl (C=O) groups excluding carboxylic acids is 9. The molecule has 2 aromatic rings. The molecule has 0 aromatic heterocycles. The lowest BCUT2D eigenvalue weighted by Crippen LogP contribution is -2.60. The van der Waals surface area contributed by atoms with Crippen molar-refractivity contribution in [1.82, 2.24) is 36.4 Å². The summed E-state index contributed by atoms with van der Waals surface area (Å²) in [6.45, 7) is 11.3. The number of Topliss-reactive ketones (excluding diaryl/α,β-unsaturated/α-hetero) is 1. The molecule has 0 bridgehead atoms. The molecule has 2 aromatic carbocycles. The van der Waals surface area contributed by atoms with Crippen LogP contribution in [0.5, 0.6) is 17.2 Å². The van der Waals surface area contributed by atoms with Crippen molar-refractivity contribution < 1.29 is 82.9 Å². The molecule has 24 heteroatoms. The molecular weight excluding hydrogens is 1040 g/mol. The highest BCUT2D eigenvalue weighted by Gasteiger charge is 2.51. The SMILES string of the molecule is COc1cccc2c1C(=O)c1c(O)c3c(c(O)c1C2=O)C[C@@](O)(C(=O)CO)C[C@@H]3O[C@H]1C[C@H](NC(=O)[C@H](CC(C)C)NC(=O)[C@H](CC(C)C)NC(=O)CNC(=O)[C@H](CC(C)C)NC(=O)[C@@H]2CCCN2C(=O)CN(C)C)[C@H](O)[C@H](C)O1. The molecule has 4 aliphatic rings. The number of aromatic hydroxyl groups is 2. The summed E-state index contributed by atoms with van der Waals surface area (Å²) < 4.78 is 17.7. The lowest BCUT2D eigenvalue weighted by atomic mass is 9.72. The van der Waals surface area contributed by atoms with E-state index in [0.717, 1.165) is 0 Å². The number of phenols is 2. The van der Waals surface area contributed by atoms with Gasteiger partial charge in [-0.15, -0.1) is 0 Å². The number of likely N-dealkylation sites (tertiary alicyclic amines) is 1. The Labute approximate surface area is 465 Å². The van der Waals surface area contributed by atoms with Gasteiger partial charge < -0.3 is 76.1 Å². The zero-order valence-electron chi connectivity index (χ0n) is 47.2. The van der Waals surface area contributed by atoms with Crippen molar-refractivity contribution in [2.45, 2.75) is 160 Å². The van der Waals surface area contributed by atoms with Crippen LogP contribution in [0, 0.1) is 17.8 Å². The van der Waals surface area contributed by atoms with E-state index in [0.29, 0.717) is 19.4 Å². The average Bonchev–Trinajstić information content (AvgIpc) is 4.04. The number of aliphatic hydroxyl groups is 3. The number of amides is 6. The van der Waals surface area contributed by atoms with Crippen molar-refractivity contribution in [1.29, 1.82) is 0 Å². The van der Waals surface area contributed by atoms with E-state index in [1.54, 1.807) is 19.0 Å². The maximum Gasteiger partial charge on any atom is 0.243 e. The number of ketones is 3. The van der Waals surface area contributed by atoms with Crippen LogP contribution in [-0.2, 0) is 49.5 Å². The fourth-order valence-electron chi connectivity index (χ4n) is 11.0. The van der Waals surface area contributed by atoms with Gasteiger partial charge >= 0.3 is 0 Å². The lowest BCUT2D eigenvalue weighted by molar-refractivity contribution is -0.249. The van der Waals surface area contributed by atoms with E-state index >= 15 is 0 Å². The van der Waals surface area contributed by atoms with Crippen molar-refractivity contribution in [2.75, 3.05) is 47.4 Å². The Morgan fingerprint density at radius 2 is 1.45 bits per heavy atom. The van der Waals surface area contributed by atoms with Crippen molar-refractivity contribution in [3.05, 3.63) is 51.6 Å². The van der Waals surface area contributed by atoms with Gasteiger partial charge in [0.15, 0.2) is 17.9 Å². The third kappa shape index (κ3) is 14.1. The van der Waals surface area contributed by atoms with Crippen LogP contribution in [0.25, 0.3) is 0 Å². The topological polar surface area (TPSA) is 349 Å². The summed E-state index contributed by atoms with van der Waals surface area (Å²) in [5, 5.41) is 70.4. The minimum absolute atomic E-state index is 0.0187. The fourth-order valence-corrected chi connectivity index (χ4v) is 11.0. The Hall–Kier alpha value is -6.57. The molecule has 0 unspecified atom stereocenters. The van der Waals surface area contributed by atoms with Crippen molar-refractivity contribution in [2.24, 2.45) is 17.8 Å². The van der Waals surface area contributed by atoms with Gasteiger partial charge in [-0.05, 0) is 76.9 Å². The molecule has 2 aliphatic heterocycles. The minimum atomic E-state index is -2.44. The molecule has 0 spiro atoms. The van der Waals surface area contributed by atoms with Gasteiger partial charge in [0.1, 0.15) is 59.7 Å². The smallest absolute Gasteiger partial charge is 0.243 e. The number of phenolic OH excluding ortho intramolecular Hbond substituents is 2. The van der Waals surface area contributed by atoms with E-state index in [-0.39, 0.29) is 83.9 Å². The molecule has 2 saturated heterocycles. The molecule has 0 radical (unpaired) electrons. The highest BCUT2D eigenvalue weighted by molar-refractivity contribution is 6.31. The maximum atomic E-state index is 14.3. The van der Waals surface area contributed by atoms with Gasteiger partial charge in [-0.2, -0.15) is 0 Å². The number of aliphatic hydroxyl groups excluding tert-OH is 2. The third-order valence-corrected chi connectivity index (χ3v) is 14.9. The largest absolute Gasteiger partial charge is 0.507 e. The Balaban J connectivity index is 1.16. The van der Waals surface area contributed by atoms with Gasteiger partial charge in [0.2, 0.25) is 41.2 Å². The number of hydrogen-bond acceptors (Lipinski definition) is 18. The number of nitrogens with zero attached hydrogens (tertiary/aromatic N) is 2. The van der Waals surface area contributed by atoms with Crippen LogP contribution in [0.1, 0.15) is 142 Å². The second-order valence-electron chi connectivity index (χ2n) is 22.9. The van der Waals surface area contributed by atoms with E-state index < -0.39 is 156 Å². The van der Waals surface area contributed by atoms with Gasteiger partial charge in [0.25, 0.3) is 0 Å². The van der Waals surface area contributed by atoms with Gasteiger partial charge in [-0.3, -0.25) is 43.2 Å². The predicted octanol–water partition coefficient (Wildman–Crippen LogP) is 0.420. The number of fused-ring (bicyclic) bond motifs is 3. The molecule has 440 valence electrons. The summed E-state index contributed by atoms with van der Waals surface area (Å²) >= 11 is 0. The number of ether oxygens (including phenoxy) is 3. The Bertz CT molecular complexity index is 2710. The zero-order valence-corrected chi connectivity index (χ0v) is 47.2. The molecule has 10 N–H and O–H groups in total.